The van der Waals surface area contributed by atoms with Crippen molar-refractivity contribution in [1.29, 1.82) is 0 Å². The Morgan fingerprint density at radius 1 is 1.04 bits per heavy atom. The van der Waals surface area contributed by atoms with E-state index in [1.807, 2.05) is 26.0 Å². The maximum atomic E-state index is 12.3. The van der Waals surface area contributed by atoms with Crippen LogP contribution in [0.25, 0.3) is 0 Å². The minimum Gasteiger partial charge on any atom is -0.344 e. The summed E-state index contributed by atoms with van der Waals surface area (Å²) in [5, 5.41) is 2.82. The lowest BCUT2D eigenvalue weighted by Gasteiger charge is -2.26. The van der Waals surface area contributed by atoms with Crippen LogP contribution in [-0.4, -0.2) is 34.2 Å². The lowest BCUT2D eigenvalue weighted by molar-refractivity contribution is -0.123. The zero-order valence-corrected chi connectivity index (χ0v) is 13.4. The number of fused-ring (bicyclic) bond motifs is 1. The summed E-state index contributed by atoms with van der Waals surface area (Å²) in [5.74, 6) is -1.30. The van der Waals surface area contributed by atoms with Crippen LogP contribution in [-0.2, 0) is 10.3 Å². The first-order chi connectivity index (χ1) is 11.4. The average Bonchev–Trinajstić information content (AvgIpc) is 2.81. The van der Waals surface area contributed by atoms with Crippen molar-refractivity contribution in [3.8, 4) is 0 Å². The molecule has 6 nitrogen and oxygen atoms in total. The van der Waals surface area contributed by atoms with Crippen LogP contribution < -0.4 is 5.32 Å². The Bertz CT molecular complexity index is 780. The van der Waals surface area contributed by atoms with Gasteiger partial charge in [0.1, 0.15) is 6.54 Å². The summed E-state index contributed by atoms with van der Waals surface area (Å²) in [7, 11) is 0. The highest BCUT2D eigenvalue weighted by molar-refractivity contribution is 6.22. The van der Waals surface area contributed by atoms with Crippen molar-refractivity contribution in [3.63, 3.8) is 0 Å². The fourth-order valence-corrected chi connectivity index (χ4v) is 2.71. The van der Waals surface area contributed by atoms with E-state index < -0.39 is 23.3 Å². The van der Waals surface area contributed by atoms with E-state index in [9.17, 15) is 14.4 Å². The summed E-state index contributed by atoms with van der Waals surface area (Å²) in [6, 6.07) is 12.0. The second-order valence-corrected chi connectivity index (χ2v) is 6.13. The molecule has 0 aliphatic carbocycles. The topological polar surface area (TPSA) is 79.4 Å². The number of hydrogen-bond donors (Lipinski definition) is 1. The number of benzene rings is 1. The summed E-state index contributed by atoms with van der Waals surface area (Å²) >= 11 is 0. The Kier molecular flexibility index (Phi) is 3.89. The van der Waals surface area contributed by atoms with Gasteiger partial charge in [0.05, 0.1) is 22.4 Å². The minimum atomic E-state index is -0.711. The van der Waals surface area contributed by atoms with Gasteiger partial charge in [0.2, 0.25) is 5.91 Å². The molecule has 1 aliphatic heterocycles. The molecule has 0 saturated carbocycles. The number of hydrogen-bond acceptors (Lipinski definition) is 4. The monoisotopic (exact) mass is 323 g/mol. The first-order valence-corrected chi connectivity index (χ1v) is 7.58. The molecule has 2 heterocycles. The molecule has 0 fully saturated rings. The van der Waals surface area contributed by atoms with E-state index in [2.05, 4.69) is 10.3 Å². The number of nitrogens with one attached hydrogen (secondary N) is 1. The molecule has 1 aromatic carbocycles. The van der Waals surface area contributed by atoms with Crippen LogP contribution in [0.15, 0.2) is 48.7 Å². The number of aromatic nitrogens is 1. The predicted octanol–water partition coefficient (Wildman–Crippen LogP) is 1.73. The van der Waals surface area contributed by atoms with Gasteiger partial charge in [0, 0.05) is 6.20 Å². The molecule has 3 rings (SSSR count). The summed E-state index contributed by atoms with van der Waals surface area (Å²) in [4.78, 5) is 42.1. The van der Waals surface area contributed by atoms with Gasteiger partial charge in [-0.2, -0.15) is 0 Å². The van der Waals surface area contributed by atoms with E-state index in [1.165, 1.54) is 0 Å². The Morgan fingerprint density at radius 3 is 2.17 bits per heavy atom. The van der Waals surface area contributed by atoms with Gasteiger partial charge >= 0.3 is 0 Å². The number of nitrogens with zero attached hydrogens (tertiary/aromatic N) is 2. The van der Waals surface area contributed by atoms with Gasteiger partial charge in [0.15, 0.2) is 0 Å². The molecular formula is C18H17N3O3. The van der Waals surface area contributed by atoms with Crippen LogP contribution in [0.5, 0.6) is 0 Å². The lowest BCUT2D eigenvalue weighted by atomic mass is 10.00. The normalized spacial score (nSPS) is 13.8. The second-order valence-electron chi connectivity index (χ2n) is 6.13. The van der Waals surface area contributed by atoms with Crippen molar-refractivity contribution in [2.45, 2.75) is 19.4 Å². The summed E-state index contributed by atoms with van der Waals surface area (Å²) < 4.78 is 0. The zero-order chi connectivity index (χ0) is 17.3. The number of pyridine rings is 1. The van der Waals surface area contributed by atoms with Crippen molar-refractivity contribution < 1.29 is 14.4 Å². The first-order valence-electron chi connectivity index (χ1n) is 7.58. The molecule has 6 heteroatoms. The van der Waals surface area contributed by atoms with Gasteiger partial charge in [-0.05, 0) is 38.1 Å². The van der Waals surface area contributed by atoms with E-state index in [0.29, 0.717) is 16.8 Å². The smallest absolute Gasteiger partial charge is 0.262 e. The average molecular weight is 323 g/mol. The molecule has 0 bridgehead atoms. The van der Waals surface area contributed by atoms with Crippen LogP contribution in [0, 0.1) is 0 Å². The van der Waals surface area contributed by atoms with Crippen LogP contribution >= 0.6 is 0 Å². The predicted molar refractivity (Wildman–Crippen MR) is 87.2 cm³/mol. The van der Waals surface area contributed by atoms with Gasteiger partial charge in [-0.15, -0.1) is 0 Å². The molecule has 1 N–H and O–H groups in total. The third-order valence-corrected chi connectivity index (χ3v) is 3.94. The van der Waals surface area contributed by atoms with Crippen molar-refractivity contribution in [2.24, 2.45) is 0 Å². The molecule has 122 valence electrons. The maximum Gasteiger partial charge on any atom is 0.262 e. The van der Waals surface area contributed by atoms with Crippen LogP contribution in [0.2, 0.25) is 0 Å². The van der Waals surface area contributed by atoms with Crippen molar-refractivity contribution in [1.82, 2.24) is 15.2 Å². The summed E-state index contributed by atoms with van der Waals surface area (Å²) in [5.41, 5.74) is 0.649. The van der Waals surface area contributed by atoms with Crippen molar-refractivity contribution in [3.05, 3.63) is 65.5 Å². The number of carbonyl (C=O) groups excluding carboxylic acids is 3. The zero-order valence-electron chi connectivity index (χ0n) is 13.4. The molecule has 0 spiro atoms. The quantitative estimate of drug-likeness (QED) is 0.869. The van der Waals surface area contributed by atoms with Gasteiger partial charge in [0.25, 0.3) is 11.8 Å². The second kappa shape index (κ2) is 5.88. The van der Waals surface area contributed by atoms with Crippen LogP contribution in [0.1, 0.15) is 40.3 Å². The Balaban J connectivity index is 1.72. The highest BCUT2D eigenvalue weighted by atomic mass is 16.2. The first kappa shape index (κ1) is 15.9. The molecule has 0 radical (unpaired) electrons. The lowest BCUT2D eigenvalue weighted by Crippen LogP contribution is -2.47. The molecule has 0 unspecified atom stereocenters. The van der Waals surface area contributed by atoms with Crippen molar-refractivity contribution >= 4 is 17.7 Å². The Hall–Kier alpha value is -3.02. The number of carbonyl (C=O) groups is 3. The Morgan fingerprint density at radius 2 is 1.62 bits per heavy atom. The van der Waals surface area contributed by atoms with Gasteiger partial charge < -0.3 is 5.32 Å². The summed E-state index contributed by atoms with van der Waals surface area (Å²) in [6.45, 7) is 3.31. The molecule has 1 aliphatic rings. The standard InChI is InChI=1S/C18H17N3O3/c1-18(2,14-9-5-6-10-19-14)20-15(22)11-21-16(23)12-7-3-4-8-13(12)17(21)24/h3-10H,11H2,1-2H3,(H,20,22). The Labute approximate surface area is 139 Å². The van der Waals surface area contributed by atoms with E-state index in [4.69, 9.17) is 0 Å². The summed E-state index contributed by atoms with van der Waals surface area (Å²) in [6.07, 6.45) is 1.65. The fraction of sp³-hybridized carbons (Fsp3) is 0.222. The third kappa shape index (κ3) is 2.78. The van der Waals surface area contributed by atoms with Crippen LogP contribution in [0.3, 0.4) is 0 Å². The molecule has 1 aromatic heterocycles. The largest absolute Gasteiger partial charge is 0.344 e. The highest BCUT2D eigenvalue weighted by Gasteiger charge is 2.37. The van der Waals surface area contributed by atoms with E-state index >= 15 is 0 Å². The van der Waals surface area contributed by atoms with Crippen molar-refractivity contribution in [2.75, 3.05) is 6.54 Å². The fourth-order valence-electron chi connectivity index (χ4n) is 2.71. The van der Waals surface area contributed by atoms with E-state index in [0.717, 1.165) is 4.90 Å². The third-order valence-electron chi connectivity index (χ3n) is 3.94. The minimum absolute atomic E-state index is 0.317. The SMILES string of the molecule is CC(C)(NC(=O)CN1C(=O)c2ccccc2C1=O)c1ccccn1. The maximum absolute atomic E-state index is 12.3. The molecule has 0 saturated heterocycles. The molecule has 2 aromatic rings. The molecule has 24 heavy (non-hydrogen) atoms. The number of rotatable bonds is 4. The number of amides is 3. The molecule has 0 atom stereocenters. The van der Waals surface area contributed by atoms with Gasteiger partial charge in [-0.3, -0.25) is 24.3 Å². The molecular weight excluding hydrogens is 306 g/mol. The van der Waals surface area contributed by atoms with Crippen LogP contribution in [0.4, 0.5) is 0 Å². The highest BCUT2D eigenvalue weighted by Crippen LogP contribution is 2.22. The number of imide groups is 1. The van der Waals surface area contributed by atoms with Gasteiger partial charge in [-0.1, -0.05) is 18.2 Å². The molecule has 3 amide bonds. The van der Waals surface area contributed by atoms with E-state index in [-0.39, 0.29) is 6.54 Å². The van der Waals surface area contributed by atoms with E-state index in [1.54, 1.807) is 36.5 Å². The van der Waals surface area contributed by atoms with Gasteiger partial charge in [-0.25, -0.2) is 0 Å².